The fourth-order valence-electron chi connectivity index (χ4n) is 12.7. The number of aromatic amines is 1. The van der Waals surface area contributed by atoms with Crippen LogP contribution in [-0.4, -0.2) is 102 Å². The fourth-order valence-corrected chi connectivity index (χ4v) is 13.7. The number of ether oxygens (including phenoxy) is 1. The lowest BCUT2D eigenvalue weighted by Gasteiger charge is -2.58. The number of H-pyrrole nitrogens is 1. The number of hydrogen-bond donors (Lipinski definition) is 4. The third-order valence-electron chi connectivity index (χ3n) is 17.0. The van der Waals surface area contributed by atoms with Gasteiger partial charge in [-0.05, 0) is 142 Å². The summed E-state index contributed by atoms with van der Waals surface area (Å²) in [5.41, 5.74) is 3.81. The summed E-state index contributed by atoms with van der Waals surface area (Å²) in [6.45, 7) is 13.1. The quantitative estimate of drug-likeness (QED) is 0.0575. The molecule has 4 heterocycles. The van der Waals surface area contributed by atoms with Crippen LogP contribution in [0, 0.1) is 27.4 Å². The summed E-state index contributed by atoms with van der Waals surface area (Å²) in [4.78, 5) is 40.8. The standard InChI is InChI=1S/C56H72N8O7S/c1-38(2)46-11-7-8-12-47(46)51-37-61(36-40-9-5-4-6-10-40)27-28-63(51)43-32-56(33-43)22-25-62(26-23-56)42-13-15-48(52(30-42)71-44-29-41-19-24-57-53(41)59-35-44)54(65)60-72(69,70)45-14-16-49(50(31-45)64(67)68)58-34-39-17-20-55(3,66)21-18-39/h7-8,11-16,19,24,29-31,35,38-40,43,51,58,66H,4-6,9-10,17-18,20-23,25-28,32-34,36-37H2,1-3H3,(H,57,59)(H,60,65)/t39?,51-,55?/m0/s1. The molecule has 0 radical (unpaired) electrons. The predicted octanol–water partition coefficient (Wildman–Crippen LogP) is 10.5. The first-order valence-electron chi connectivity index (χ1n) is 26.5. The Hall–Kier alpha value is -5.55. The van der Waals surface area contributed by atoms with Crippen LogP contribution < -0.4 is 19.7 Å². The van der Waals surface area contributed by atoms with E-state index in [1.807, 2.05) is 19.1 Å². The lowest BCUT2D eigenvalue weighted by Crippen LogP contribution is -2.60. The van der Waals surface area contributed by atoms with E-state index in [4.69, 9.17) is 4.74 Å². The third kappa shape index (κ3) is 11.0. The highest BCUT2D eigenvalue weighted by molar-refractivity contribution is 7.90. The summed E-state index contributed by atoms with van der Waals surface area (Å²) in [5, 5.41) is 26.5. The van der Waals surface area contributed by atoms with Crippen molar-refractivity contribution in [2.75, 3.05) is 56.0 Å². The first-order chi connectivity index (χ1) is 34.6. The number of piperidine rings is 1. The zero-order valence-electron chi connectivity index (χ0n) is 42.2. The first-order valence-corrected chi connectivity index (χ1v) is 28.0. The zero-order chi connectivity index (χ0) is 50.2. The molecule has 384 valence electrons. The lowest BCUT2D eigenvalue weighted by molar-refractivity contribution is -0.384. The van der Waals surface area contributed by atoms with Crippen LogP contribution >= 0.6 is 0 Å². The van der Waals surface area contributed by atoms with Crippen molar-refractivity contribution in [2.45, 2.75) is 133 Å². The molecule has 2 aliphatic heterocycles. The Morgan fingerprint density at radius 2 is 1.69 bits per heavy atom. The van der Waals surface area contributed by atoms with E-state index >= 15 is 0 Å². The number of benzene rings is 3. The summed E-state index contributed by atoms with van der Waals surface area (Å²) in [5.74, 6) is 1.09. The number of anilines is 2. The molecule has 3 aliphatic carbocycles. The molecule has 1 spiro atoms. The van der Waals surface area contributed by atoms with E-state index in [1.165, 1.54) is 74.8 Å². The van der Waals surface area contributed by atoms with Crippen molar-refractivity contribution >= 4 is 44.0 Å². The van der Waals surface area contributed by atoms with E-state index in [1.54, 1.807) is 30.6 Å². The van der Waals surface area contributed by atoms with E-state index in [-0.39, 0.29) is 28.3 Å². The second kappa shape index (κ2) is 20.8. The number of amides is 1. The van der Waals surface area contributed by atoms with Gasteiger partial charge in [-0.2, -0.15) is 0 Å². The summed E-state index contributed by atoms with van der Waals surface area (Å²) in [6, 6.07) is 22.6. The summed E-state index contributed by atoms with van der Waals surface area (Å²) in [7, 11) is -4.58. The minimum absolute atomic E-state index is 0.0153. The average Bonchev–Trinajstić information content (AvgIpc) is 3.84. The molecule has 1 amide bonds. The maximum absolute atomic E-state index is 14.1. The van der Waals surface area contributed by atoms with Gasteiger partial charge in [-0.3, -0.25) is 24.7 Å². The molecule has 15 nitrogen and oxygen atoms in total. The molecule has 5 aliphatic rings. The smallest absolute Gasteiger partial charge is 0.293 e. The number of pyridine rings is 1. The summed E-state index contributed by atoms with van der Waals surface area (Å²) in [6.07, 6.45) is 17.5. The van der Waals surface area contributed by atoms with E-state index in [0.29, 0.717) is 48.8 Å². The zero-order valence-corrected chi connectivity index (χ0v) is 43.0. The molecule has 10 rings (SSSR count). The van der Waals surface area contributed by atoms with Crippen molar-refractivity contribution < 1.29 is 28.0 Å². The van der Waals surface area contributed by atoms with Crippen LogP contribution in [0.4, 0.5) is 17.1 Å². The monoisotopic (exact) mass is 1000 g/mol. The van der Waals surface area contributed by atoms with Crippen LogP contribution in [0.1, 0.15) is 138 Å². The number of hydrogen-bond acceptors (Lipinski definition) is 12. The highest BCUT2D eigenvalue weighted by Gasteiger charge is 2.50. The number of nitrogens with zero attached hydrogens (tertiary/aromatic N) is 5. The van der Waals surface area contributed by atoms with E-state index in [9.17, 15) is 28.4 Å². The Labute approximate surface area is 424 Å². The van der Waals surface area contributed by atoms with E-state index < -0.39 is 37.0 Å². The van der Waals surface area contributed by atoms with Gasteiger partial charge in [0.15, 0.2) is 0 Å². The molecule has 5 aromatic rings. The maximum atomic E-state index is 14.1. The molecule has 2 saturated heterocycles. The fraction of sp³-hybridized carbons (Fsp3) is 0.536. The molecule has 2 aromatic heterocycles. The largest absolute Gasteiger partial charge is 0.455 e. The predicted molar refractivity (Wildman–Crippen MR) is 281 cm³/mol. The Kier molecular flexibility index (Phi) is 14.4. The van der Waals surface area contributed by atoms with Crippen LogP contribution in [0.15, 0.2) is 90.1 Å². The minimum Gasteiger partial charge on any atom is -0.455 e. The van der Waals surface area contributed by atoms with Gasteiger partial charge in [0.25, 0.3) is 21.6 Å². The highest BCUT2D eigenvalue weighted by Crippen LogP contribution is 2.53. The summed E-state index contributed by atoms with van der Waals surface area (Å²) < 4.78 is 36.3. The summed E-state index contributed by atoms with van der Waals surface area (Å²) >= 11 is 0. The number of carbonyl (C=O) groups is 1. The molecular weight excluding hydrogens is 929 g/mol. The molecule has 16 heteroatoms. The number of carbonyl (C=O) groups excluding carboxylic acids is 1. The van der Waals surface area contributed by atoms with Crippen LogP contribution in [0.5, 0.6) is 11.5 Å². The molecule has 1 atom stereocenters. The molecule has 72 heavy (non-hydrogen) atoms. The molecule has 3 aromatic carbocycles. The van der Waals surface area contributed by atoms with Gasteiger partial charge >= 0.3 is 0 Å². The van der Waals surface area contributed by atoms with Crippen molar-refractivity contribution in [3.8, 4) is 11.5 Å². The number of nitro benzene ring substituents is 1. The van der Waals surface area contributed by atoms with Gasteiger partial charge in [0, 0.05) is 87.3 Å². The number of piperazine rings is 1. The topological polar surface area (TPSA) is 186 Å². The number of sulfonamides is 1. The number of nitrogens with one attached hydrogen (secondary N) is 3. The van der Waals surface area contributed by atoms with Gasteiger partial charge in [0.2, 0.25) is 0 Å². The third-order valence-corrected chi connectivity index (χ3v) is 18.3. The Balaban J connectivity index is 0.828. The van der Waals surface area contributed by atoms with Crippen molar-refractivity contribution in [3.63, 3.8) is 0 Å². The molecule has 0 bridgehead atoms. The van der Waals surface area contributed by atoms with Crippen LogP contribution in [0.2, 0.25) is 0 Å². The van der Waals surface area contributed by atoms with Crippen molar-refractivity contribution in [3.05, 3.63) is 112 Å². The van der Waals surface area contributed by atoms with E-state index in [2.05, 4.69) is 72.8 Å². The number of aliphatic hydroxyl groups is 1. The molecule has 4 N–H and O–H groups in total. The van der Waals surface area contributed by atoms with Crippen LogP contribution in [0.3, 0.4) is 0 Å². The first kappa shape index (κ1) is 50.0. The molecule has 0 unspecified atom stereocenters. The van der Waals surface area contributed by atoms with Gasteiger partial charge in [-0.1, -0.05) is 57.4 Å². The van der Waals surface area contributed by atoms with Crippen molar-refractivity contribution in [2.24, 2.45) is 17.3 Å². The van der Waals surface area contributed by atoms with Gasteiger partial charge in [0.05, 0.1) is 27.2 Å². The second-order valence-corrected chi connectivity index (χ2v) is 24.1. The van der Waals surface area contributed by atoms with E-state index in [0.717, 1.165) is 81.5 Å². The van der Waals surface area contributed by atoms with Crippen molar-refractivity contribution in [1.82, 2.24) is 24.5 Å². The number of aromatic nitrogens is 2. The molecule has 5 fully saturated rings. The lowest BCUT2D eigenvalue weighted by atomic mass is 9.59. The Morgan fingerprint density at radius 3 is 2.44 bits per heavy atom. The van der Waals surface area contributed by atoms with Gasteiger partial charge in [-0.15, -0.1) is 0 Å². The normalized spacial score (nSPS) is 23.5. The van der Waals surface area contributed by atoms with Crippen molar-refractivity contribution in [1.29, 1.82) is 0 Å². The van der Waals surface area contributed by atoms with Gasteiger partial charge in [0.1, 0.15) is 22.8 Å². The number of rotatable bonds is 15. The number of nitro groups is 1. The minimum atomic E-state index is -4.58. The average molecular weight is 1000 g/mol. The van der Waals surface area contributed by atoms with Gasteiger partial charge < -0.3 is 25.0 Å². The van der Waals surface area contributed by atoms with Crippen LogP contribution in [0.25, 0.3) is 11.0 Å². The Bertz CT molecular complexity index is 2850. The van der Waals surface area contributed by atoms with Crippen LogP contribution in [-0.2, 0) is 10.0 Å². The Morgan fingerprint density at radius 1 is 0.931 bits per heavy atom. The SMILES string of the molecule is CC(C)c1ccccc1[C@@H]1CN(CC2CCCCC2)CCN1C1CC2(CCN(c3ccc(C(=O)NS(=O)(=O)c4ccc(NCC5CCC(C)(O)CC5)c([N+](=O)[O-])c4)c(Oc4cnc5[nH]ccc5c4)c3)CC2)C1. The highest BCUT2D eigenvalue weighted by atomic mass is 32.2. The second-order valence-electron chi connectivity index (χ2n) is 22.4. The molecule has 3 saturated carbocycles. The molecular formula is C56H72N8O7S. The number of fused-ring (bicyclic) bond motifs is 1. The van der Waals surface area contributed by atoms with Gasteiger partial charge in [-0.25, -0.2) is 18.1 Å². The maximum Gasteiger partial charge on any atom is 0.293 e.